The number of benzene rings is 1. The molecule has 114 valence electrons. The third kappa shape index (κ3) is 5.21. The van der Waals surface area contributed by atoms with Crippen LogP contribution in [0.1, 0.15) is 37.0 Å². The van der Waals surface area contributed by atoms with Gasteiger partial charge in [0.15, 0.2) is 0 Å². The molecule has 0 unspecified atom stereocenters. The zero-order valence-electron chi connectivity index (χ0n) is 12.1. The molecule has 0 aliphatic rings. The second-order valence-corrected chi connectivity index (χ2v) is 4.57. The monoisotopic (exact) mass is 293 g/mol. The van der Waals surface area contributed by atoms with E-state index < -0.39 is 10.8 Å². The molecule has 7 heteroatoms. The molecule has 2 amide bonds. The Kier molecular flexibility index (Phi) is 6.32. The average Bonchev–Trinajstić information content (AvgIpc) is 2.50. The highest BCUT2D eigenvalue weighted by molar-refractivity contribution is 5.96. The second-order valence-electron chi connectivity index (χ2n) is 4.57. The van der Waals surface area contributed by atoms with E-state index in [1.54, 1.807) is 0 Å². The van der Waals surface area contributed by atoms with Crippen LogP contribution in [0, 0.1) is 10.1 Å². The van der Waals surface area contributed by atoms with Gasteiger partial charge in [-0.1, -0.05) is 19.9 Å². The van der Waals surface area contributed by atoms with E-state index in [1.807, 2.05) is 13.8 Å². The predicted octanol–water partition coefficient (Wildman–Crippen LogP) is 1.63. The number of hydrogen-bond acceptors (Lipinski definition) is 4. The van der Waals surface area contributed by atoms with Gasteiger partial charge in [0.25, 0.3) is 11.6 Å². The molecule has 7 nitrogen and oxygen atoms in total. The maximum absolute atomic E-state index is 11.8. The Balaban J connectivity index is 2.56. The van der Waals surface area contributed by atoms with E-state index in [4.69, 9.17) is 0 Å². The van der Waals surface area contributed by atoms with Crippen LogP contribution in [0.2, 0.25) is 0 Å². The first-order chi connectivity index (χ1) is 9.97. The van der Waals surface area contributed by atoms with Crippen molar-refractivity contribution in [2.24, 2.45) is 0 Å². The molecular weight excluding hydrogens is 274 g/mol. The predicted molar refractivity (Wildman–Crippen MR) is 77.9 cm³/mol. The number of nitro groups is 1. The van der Waals surface area contributed by atoms with Crippen molar-refractivity contribution < 1.29 is 14.5 Å². The van der Waals surface area contributed by atoms with Crippen molar-refractivity contribution in [1.29, 1.82) is 0 Å². The third-order valence-corrected chi connectivity index (χ3v) is 3.08. The standard InChI is InChI=1S/C14H19N3O4/c1-3-11(4-2)16-13(18)9-15-14(19)10-6-5-7-12(8-10)17(20)21/h5-8,11H,3-4,9H2,1-2H3,(H,15,19)(H,16,18). The van der Waals surface area contributed by atoms with Crippen LogP contribution in [0.15, 0.2) is 24.3 Å². The van der Waals surface area contributed by atoms with Crippen LogP contribution in [0.4, 0.5) is 5.69 Å². The van der Waals surface area contributed by atoms with Crippen LogP contribution >= 0.6 is 0 Å². The Morgan fingerprint density at radius 2 is 1.95 bits per heavy atom. The van der Waals surface area contributed by atoms with Crippen molar-refractivity contribution in [3.63, 3.8) is 0 Å². The molecule has 0 aliphatic carbocycles. The number of rotatable bonds is 7. The Morgan fingerprint density at radius 1 is 1.29 bits per heavy atom. The number of hydrogen-bond donors (Lipinski definition) is 2. The first kappa shape index (κ1) is 16.6. The molecular formula is C14H19N3O4. The minimum atomic E-state index is -0.573. The van der Waals surface area contributed by atoms with Crippen LogP contribution in [0.25, 0.3) is 0 Å². The lowest BCUT2D eigenvalue weighted by atomic mass is 10.1. The highest BCUT2D eigenvalue weighted by atomic mass is 16.6. The van der Waals surface area contributed by atoms with Crippen LogP contribution in [0.5, 0.6) is 0 Å². The van der Waals surface area contributed by atoms with E-state index in [9.17, 15) is 19.7 Å². The molecule has 0 aliphatic heterocycles. The van der Waals surface area contributed by atoms with Crippen molar-refractivity contribution in [3.05, 3.63) is 39.9 Å². The molecule has 0 atom stereocenters. The third-order valence-electron chi connectivity index (χ3n) is 3.08. The van der Waals surface area contributed by atoms with Gasteiger partial charge in [-0.15, -0.1) is 0 Å². The lowest BCUT2D eigenvalue weighted by molar-refractivity contribution is -0.384. The number of nitrogens with one attached hydrogen (secondary N) is 2. The Morgan fingerprint density at radius 3 is 2.52 bits per heavy atom. The SMILES string of the molecule is CCC(CC)NC(=O)CNC(=O)c1cccc([N+](=O)[O-])c1. The summed E-state index contributed by atoms with van der Waals surface area (Å²) in [5, 5.41) is 15.9. The van der Waals surface area contributed by atoms with Crippen molar-refractivity contribution in [2.45, 2.75) is 32.7 Å². The molecule has 0 radical (unpaired) electrons. The van der Waals surface area contributed by atoms with Crippen molar-refractivity contribution in [3.8, 4) is 0 Å². The lowest BCUT2D eigenvalue weighted by Gasteiger charge is -2.14. The van der Waals surface area contributed by atoms with Crippen LogP contribution in [-0.4, -0.2) is 29.3 Å². The van der Waals surface area contributed by atoms with Gasteiger partial charge in [0, 0.05) is 23.7 Å². The number of carbonyl (C=O) groups excluding carboxylic acids is 2. The average molecular weight is 293 g/mol. The van der Waals surface area contributed by atoms with Gasteiger partial charge < -0.3 is 10.6 Å². The minimum absolute atomic E-state index is 0.0900. The van der Waals surface area contributed by atoms with Crippen LogP contribution < -0.4 is 10.6 Å². The maximum atomic E-state index is 11.8. The van der Waals surface area contributed by atoms with Crippen LogP contribution in [0.3, 0.4) is 0 Å². The van der Waals surface area contributed by atoms with Gasteiger partial charge in [-0.25, -0.2) is 0 Å². The van der Waals surface area contributed by atoms with E-state index in [-0.39, 0.29) is 29.7 Å². The van der Waals surface area contributed by atoms with Gasteiger partial charge in [0.1, 0.15) is 0 Å². The molecule has 0 heterocycles. The first-order valence-corrected chi connectivity index (χ1v) is 6.79. The van der Waals surface area contributed by atoms with E-state index in [1.165, 1.54) is 24.3 Å². The molecule has 0 spiro atoms. The fourth-order valence-electron chi connectivity index (χ4n) is 1.79. The van der Waals surface area contributed by atoms with E-state index >= 15 is 0 Å². The molecule has 2 N–H and O–H groups in total. The van der Waals surface area contributed by atoms with Gasteiger partial charge in [-0.3, -0.25) is 19.7 Å². The molecule has 0 saturated heterocycles. The largest absolute Gasteiger partial charge is 0.352 e. The zero-order valence-corrected chi connectivity index (χ0v) is 12.1. The summed E-state index contributed by atoms with van der Waals surface area (Å²) >= 11 is 0. The number of amides is 2. The van der Waals surface area contributed by atoms with Gasteiger partial charge in [-0.05, 0) is 18.9 Å². The summed E-state index contributed by atoms with van der Waals surface area (Å²) < 4.78 is 0. The van der Waals surface area contributed by atoms with E-state index in [0.29, 0.717) is 0 Å². The summed E-state index contributed by atoms with van der Waals surface area (Å²) in [4.78, 5) is 33.5. The first-order valence-electron chi connectivity index (χ1n) is 6.79. The summed E-state index contributed by atoms with van der Waals surface area (Å²) in [5.41, 5.74) is -0.0105. The van der Waals surface area contributed by atoms with Crippen molar-refractivity contribution in [1.82, 2.24) is 10.6 Å². The van der Waals surface area contributed by atoms with Gasteiger partial charge >= 0.3 is 0 Å². The summed E-state index contributed by atoms with van der Waals surface area (Å²) in [7, 11) is 0. The molecule has 0 aromatic heterocycles. The zero-order chi connectivity index (χ0) is 15.8. The Labute approximate surface area is 122 Å². The van der Waals surface area contributed by atoms with Crippen molar-refractivity contribution in [2.75, 3.05) is 6.54 Å². The number of nitro benzene ring substituents is 1. The smallest absolute Gasteiger partial charge is 0.270 e. The minimum Gasteiger partial charge on any atom is -0.352 e. The highest BCUT2D eigenvalue weighted by Gasteiger charge is 2.13. The molecule has 21 heavy (non-hydrogen) atoms. The topological polar surface area (TPSA) is 101 Å². The lowest BCUT2D eigenvalue weighted by Crippen LogP contribution is -2.41. The van der Waals surface area contributed by atoms with Gasteiger partial charge in [0.2, 0.25) is 5.91 Å². The summed E-state index contributed by atoms with van der Waals surface area (Å²) in [6, 6.07) is 5.45. The number of non-ortho nitro benzene ring substituents is 1. The van der Waals surface area contributed by atoms with Gasteiger partial charge in [0.05, 0.1) is 11.5 Å². The summed E-state index contributed by atoms with van der Waals surface area (Å²) in [5.74, 6) is -0.791. The van der Waals surface area contributed by atoms with Crippen molar-refractivity contribution >= 4 is 17.5 Å². The Bertz CT molecular complexity index is 527. The van der Waals surface area contributed by atoms with Gasteiger partial charge in [-0.2, -0.15) is 0 Å². The summed E-state index contributed by atoms with van der Waals surface area (Å²) in [6.45, 7) is 3.78. The summed E-state index contributed by atoms with van der Waals surface area (Å²) in [6.07, 6.45) is 1.64. The number of carbonyl (C=O) groups is 2. The second kappa shape index (κ2) is 7.98. The van der Waals surface area contributed by atoms with Crippen LogP contribution in [-0.2, 0) is 4.79 Å². The quantitative estimate of drug-likeness (QED) is 0.589. The molecule has 0 saturated carbocycles. The molecule has 0 bridgehead atoms. The van der Waals surface area contributed by atoms with E-state index in [0.717, 1.165) is 12.8 Å². The normalized spacial score (nSPS) is 10.2. The fraction of sp³-hybridized carbons (Fsp3) is 0.429. The molecule has 1 aromatic carbocycles. The Hall–Kier alpha value is -2.44. The highest BCUT2D eigenvalue weighted by Crippen LogP contribution is 2.12. The maximum Gasteiger partial charge on any atom is 0.270 e. The van der Waals surface area contributed by atoms with E-state index in [2.05, 4.69) is 10.6 Å². The molecule has 0 fully saturated rings. The fourth-order valence-corrected chi connectivity index (χ4v) is 1.79. The number of nitrogens with zero attached hydrogens (tertiary/aromatic N) is 1. The molecule has 1 rings (SSSR count). The molecule has 1 aromatic rings.